The number of benzene rings is 1. The lowest BCUT2D eigenvalue weighted by molar-refractivity contribution is 0.182. The fraction of sp³-hybridized carbons (Fsp3) is 0.625. The van der Waals surface area contributed by atoms with Crippen LogP contribution in [0.2, 0.25) is 0 Å². The Kier molecular flexibility index (Phi) is 4.04. The molecular weight excluding hydrogens is 238 g/mol. The molecule has 0 amide bonds. The summed E-state index contributed by atoms with van der Waals surface area (Å²) in [6, 6.07) is 7.11. The van der Waals surface area contributed by atoms with Gasteiger partial charge in [0.05, 0.1) is 12.6 Å². The Bertz CT molecular complexity index is 429. The van der Waals surface area contributed by atoms with Crippen LogP contribution in [0.25, 0.3) is 0 Å². The van der Waals surface area contributed by atoms with E-state index in [1.54, 1.807) is 0 Å². The quantitative estimate of drug-likeness (QED) is 0.823. The lowest BCUT2D eigenvalue weighted by atomic mass is 9.92. The van der Waals surface area contributed by atoms with Crippen molar-refractivity contribution in [1.29, 1.82) is 0 Å². The normalized spacial score (nSPS) is 19.8. The maximum Gasteiger partial charge on any atom is 0.119 e. The van der Waals surface area contributed by atoms with E-state index in [-0.39, 0.29) is 12.6 Å². The van der Waals surface area contributed by atoms with Gasteiger partial charge >= 0.3 is 0 Å². The van der Waals surface area contributed by atoms with E-state index in [9.17, 15) is 5.11 Å². The van der Waals surface area contributed by atoms with Gasteiger partial charge in [-0.25, -0.2) is 0 Å². The first-order chi connectivity index (χ1) is 9.35. The molecule has 0 bridgehead atoms. The van der Waals surface area contributed by atoms with Gasteiger partial charge in [-0.1, -0.05) is 6.07 Å². The number of aryl methyl sites for hydroxylation is 2. The van der Waals surface area contributed by atoms with E-state index in [0.717, 1.165) is 5.75 Å². The lowest BCUT2D eigenvalue weighted by Gasteiger charge is -2.19. The van der Waals surface area contributed by atoms with Gasteiger partial charge in [-0.05, 0) is 61.8 Å². The van der Waals surface area contributed by atoms with Crippen LogP contribution < -0.4 is 10.1 Å². The van der Waals surface area contributed by atoms with E-state index in [1.807, 2.05) is 0 Å². The first-order valence-electron chi connectivity index (χ1n) is 7.46. The highest BCUT2D eigenvalue weighted by atomic mass is 16.5. The van der Waals surface area contributed by atoms with Crippen LogP contribution in [0.4, 0.5) is 0 Å². The van der Waals surface area contributed by atoms with Crippen molar-refractivity contribution >= 4 is 0 Å². The van der Waals surface area contributed by atoms with Crippen molar-refractivity contribution in [3.63, 3.8) is 0 Å². The molecule has 1 fully saturated rings. The Morgan fingerprint density at radius 3 is 2.74 bits per heavy atom. The van der Waals surface area contributed by atoms with Gasteiger partial charge < -0.3 is 15.2 Å². The molecule has 0 spiro atoms. The van der Waals surface area contributed by atoms with Crippen molar-refractivity contribution in [1.82, 2.24) is 5.32 Å². The number of ether oxygens (including phenoxy) is 1. The molecule has 1 unspecified atom stereocenters. The summed E-state index contributed by atoms with van der Waals surface area (Å²) in [5, 5.41) is 12.7. The molecule has 104 valence electrons. The molecule has 1 aromatic rings. The number of nitrogens with one attached hydrogen (secondary N) is 1. The minimum absolute atomic E-state index is 0.0588. The summed E-state index contributed by atoms with van der Waals surface area (Å²) in [4.78, 5) is 0. The second kappa shape index (κ2) is 5.93. The number of rotatable bonds is 6. The smallest absolute Gasteiger partial charge is 0.119 e. The minimum atomic E-state index is 0.0588. The minimum Gasteiger partial charge on any atom is -0.492 e. The third kappa shape index (κ3) is 3.48. The van der Waals surface area contributed by atoms with Crippen LogP contribution in [0, 0.1) is 0 Å². The number of hydrogen-bond acceptors (Lipinski definition) is 3. The average Bonchev–Trinajstić information content (AvgIpc) is 3.27. The van der Waals surface area contributed by atoms with Crippen LogP contribution in [0.15, 0.2) is 18.2 Å². The van der Waals surface area contributed by atoms with Crippen molar-refractivity contribution in [2.75, 3.05) is 13.2 Å². The highest BCUT2D eigenvalue weighted by molar-refractivity contribution is 5.37. The largest absolute Gasteiger partial charge is 0.492 e. The first kappa shape index (κ1) is 12.9. The maximum atomic E-state index is 9.33. The molecule has 0 saturated heterocycles. The van der Waals surface area contributed by atoms with Gasteiger partial charge in [-0.15, -0.1) is 0 Å². The lowest BCUT2D eigenvalue weighted by Crippen LogP contribution is -2.39. The van der Waals surface area contributed by atoms with E-state index in [0.29, 0.717) is 12.6 Å². The number of aliphatic hydroxyl groups excluding tert-OH is 1. The fourth-order valence-corrected chi connectivity index (χ4v) is 2.73. The Morgan fingerprint density at radius 1 is 1.21 bits per heavy atom. The molecule has 2 N–H and O–H groups in total. The van der Waals surface area contributed by atoms with Gasteiger partial charge in [0.2, 0.25) is 0 Å². The van der Waals surface area contributed by atoms with Crippen LogP contribution >= 0.6 is 0 Å². The molecule has 0 aliphatic heterocycles. The van der Waals surface area contributed by atoms with Crippen molar-refractivity contribution < 1.29 is 9.84 Å². The SMILES string of the molecule is OCC(COc1ccc2c(c1)CCCC2)NC1CC1. The predicted octanol–water partition coefficient (Wildman–Crippen LogP) is 2.06. The van der Waals surface area contributed by atoms with Crippen LogP contribution in [0.1, 0.15) is 36.8 Å². The highest BCUT2D eigenvalue weighted by Gasteiger charge is 2.24. The Morgan fingerprint density at radius 2 is 2.00 bits per heavy atom. The van der Waals surface area contributed by atoms with Gasteiger partial charge in [0.15, 0.2) is 0 Å². The Balaban J connectivity index is 1.56. The van der Waals surface area contributed by atoms with Crippen LogP contribution in [-0.2, 0) is 12.8 Å². The third-order valence-corrected chi connectivity index (χ3v) is 4.04. The predicted molar refractivity (Wildman–Crippen MR) is 75.6 cm³/mol. The summed E-state index contributed by atoms with van der Waals surface area (Å²) in [6.45, 7) is 0.688. The summed E-state index contributed by atoms with van der Waals surface area (Å²) in [7, 11) is 0. The zero-order chi connectivity index (χ0) is 13.1. The summed E-state index contributed by atoms with van der Waals surface area (Å²) < 4.78 is 5.83. The van der Waals surface area contributed by atoms with Crippen LogP contribution in [-0.4, -0.2) is 30.4 Å². The standard InChI is InChI=1S/C16H23NO2/c18-10-15(17-14-6-7-14)11-19-16-8-5-12-3-1-2-4-13(12)9-16/h5,8-9,14-15,17-18H,1-4,6-7,10-11H2. The molecular formula is C16H23NO2. The molecule has 2 aliphatic carbocycles. The monoisotopic (exact) mass is 261 g/mol. The Hall–Kier alpha value is -1.06. The molecule has 1 atom stereocenters. The molecule has 3 nitrogen and oxygen atoms in total. The topological polar surface area (TPSA) is 41.5 Å². The zero-order valence-electron chi connectivity index (χ0n) is 11.4. The van der Waals surface area contributed by atoms with Gasteiger partial charge in [0.25, 0.3) is 0 Å². The van der Waals surface area contributed by atoms with Gasteiger partial charge in [-0.3, -0.25) is 0 Å². The molecule has 2 aliphatic rings. The van der Waals surface area contributed by atoms with Gasteiger partial charge in [0.1, 0.15) is 12.4 Å². The average molecular weight is 261 g/mol. The molecule has 3 rings (SSSR count). The fourth-order valence-electron chi connectivity index (χ4n) is 2.73. The molecule has 3 heteroatoms. The van der Waals surface area contributed by atoms with Crippen molar-refractivity contribution in [3.8, 4) is 5.75 Å². The number of aliphatic hydroxyl groups is 1. The highest BCUT2D eigenvalue weighted by Crippen LogP contribution is 2.25. The summed E-state index contributed by atoms with van der Waals surface area (Å²) in [5.74, 6) is 0.941. The molecule has 19 heavy (non-hydrogen) atoms. The molecule has 0 heterocycles. The second-order valence-electron chi connectivity index (χ2n) is 5.77. The van der Waals surface area contributed by atoms with Crippen molar-refractivity contribution in [2.24, 2.45) is 0 Å². The molecule has 1 aromatic carbocycles. The van der Waals surface area contributed by atoms with Crippen molar-refractivity contribution in [2.45, 2.75) is 50.6 Å². The first-order valence-corrected chi connectivity index (χ1v) is 7.46. The van der Waals surface area contributed by atoms with E-state index in [1.165, 1.54) is 49.7 Å². The number of fused-ring (bicyclic) bond motifs is 1. The van der Waals surface area contributed by atoms with Crippen LogP contribution in [0.5, 0.6) is 5.75 Å². The van der Waals surface area contributed by atoms with E-state index >= 15 is 0 Å². The molecule has 0 aromatic heterocycles. The number of hydrogen-bond donors (Lipinski definition) is 2. The Labute approximate surface area is 115 Å². The van der Waals surface area contributed by atoms with Gasteiger partial charge in [-0.2, -0.15) is 0 Å². The molecule has 0 radical (unpaired) electrons. The summed E-state index contributed by atoms with van der Waals surface area (Å²) >= 11 is 0. The summed E-state index contributed by atoms with van der Waals surface area (Å²) in [5.41, 5.74) is 2.92. The third-order valence-electron chi connectivity index (χ3n) is 4.04. The van der Waals surface area contributed by atoms with E-state index in [4.69, 9.17) is 4.74 Å². The van der Waals surface area contributed by atoms with Crippen LogP contribution in [0.3, 0.4) is 0 Å². The van der Waals surface area contributed by atoms with Gasteiger partial charge in [0, 0.05) is 6.04 Å². The zero-order valence-corrected chi connectivity index (χ0v) is 11.4. The van der Waals surface area contributed by atoms with E-state index < -0.39 is 0 Å². The second-order valence-corrected chi connectivity index (χ2v) is 5.77. The summed E-state index contributed by atoms with van der Waals surface area (Å²) in [6.07, 6.45) is 7.45. The molecule has 1 saturated carbocycles. The maximum absolute atomic E-state index is 9.33. The van der Waals surface area contributed by atoms with Crippen molar-refractivity contribution in [3.05, 3.63) is 29.3 Å². The van der Waals surface area contributed by atoms with E-state index in [2.05, 4.69) is 23.5 Å².